The van der Waals surface area contributed by atoms with Crippen molar-refractivity contribution in [1.82, 2.24) is 5.48 Å². The highest BCUT2D eigenvalue weighted by Gasteiger charge is 2.10. The first kappa shape index (κ1) is 11.6. The summed E-state index contributed by atoms with van der Waals surface area (Å²) in [4.78, 5) is 0. The SMILES string of the molecule is COc1cc(OC)c(OC)cc1CNO. The van der Waals surface area contributed by atoms with Gasteiger partial charge in [0.2, 0.25) is 0 Å². The third-order valence-electron chi connectivity index (χ3n) is 2.06. The van der Waals surface area contributed by atoms with E-state index in [0.29, 0.717) is 17.2 Å². The summed E-state index contributed by atoms with van der Waals surface area (Å²) in [6.07, 6.45) is 0. The molecule has 0 saturated heterocycles. The van der Waals surface area contributed by atoms with Gasteiger partial charge in [-0.05, 0) is 6.07 Å². The fourth-order valence-electron chi connectivity index (χ4n) is 1.32. The molecule has 0 atom stereocenters. The quantitative estimate of drug-likeness (QED) is 0.719. The molecule has 0 heterocycles. The first-order chi connectivity index (χ1) is 7.26. The molecule has 1 rings (SSSR count). The van der Waals surface area contributed by atoms with E-state index in [4.69, 9.17) is 19.4 Å². The molecular weight excluding hydrogens is 198 g/mol. The van der Waals surface area contributed by atoms with Crippen LogP contribution in [0.4, 0.5) is 0 Å². The Kier molecular flexibility index (Phi) is 4.20. The van der Waals surface area contributed by atoms with Crippen molar-refractivity contribution in [2.24, 2.45) is 0 Å². The summed E-state index contributed by atoms with van der Waals surface area (Å²) in [6.45, 7) is 0.281. The number of methoxy groups -OCH3 is 3. The van der Waals surface area contributed by atoms with Gasteiger partial charge in [-0.3, -0.25) is 0 Å². The van der Waals surface area contributed by atoms with Gasteiger partial charge in [-0.2, -0.15) is 0 Å². The van der Waals surface area contributed by atoms with E-state index >= 15 is 0 Å². The summed E-state index contributed by atoms with van der Waals surface area (Å²) in [5.41, 5.74) is 2.86. The second-order valence-electron chi connectivity index (χ2n) is 2.85. The highest BCUT2D eigenvalue weighted by atomic mass is 16.5. The number of hydrogen-bond donors (Lipinski definition) is 2. The molecule has 0 spiro atoms. The fraction of sp³-hybridized carbons (Fsp3) is 0.400. The lowest BCUT2D eigenvalue weighted by Crippen LogP contribution is -2.08. The Morgan fingerprint density at radius 3 is 2.00 bits per heavy atom. The van der Waals surface area contributed by atoms with Crippen molar-refractivity contribution < 1.29 is 19.4 Å². The van der Waals surface area contributed by atoms with Crippen LogP contribution in [-0.4, -0.2) is 26.5 Å². The van der Waals surface area contributed by atoms with Gasteiger partial charge in [0.05, 0.1) is 21.3 Å². The number of ether oxygens (including phenoxy) is 3. The second-order valence-corrected chi connectivity index (χ2v) is 2.85. The van der Waals surface area contributed by atoms with Crippen LogP contribution in [0.15, 0.2) is 12.1 Å². The van der Waals surface area contributed by atoms with Gasteiger partial charge >= 0.3 is 0 Å². The molecule has 84 valence electrons. The summed E-state index contributed by atoms with van der Waals surface area (Å²) in [5, 5.41) is 8.65. The molecule has 1 aromatic rings. The van der Waals surface area contributed by atoms with Crippen LogP contribution in [0, 0.1) is 0 Å². The van der Waals surface area contributed by atoms with Crippen LogP contribution >= 0.6 is 0 Å². The molecule has 0 saturated carbocycles. The second kappa shape index (κ2) is 5.43. The minimum absolute atomic E-state index is 0.281. The molecule has 0 aliphatic rings. The lowest BCUT2D eigenvalue weighted by atomic mass is 10.1. The van der Waals surface area contributed by atoms with Gasteiger partial charge in [0.25, 0.3) is 0 Å². The molecule has 0 aliphatic heterocycles. The van der Waals surface area contributed by atoms with E-state index in [1.165, 1.54) is 0 Å². The monoisotopic (exact) mass is 213 g/mol. The van der Waals surface area contributed by atoms with E-state index in [-0.39, 0.29) is 6.54 Å². The minimum Gasteiger partial charge on any atom is -0.496 e. The summed E-state index contributed by atoms with van der Waals surface area (Å²) in [7, 11) is 4.67. The molecule has 1 aromatic carbocycles. The molecule has 0 fully saturated rings. The maximum atomic E-state index is 8.65. The van der Waals surface area contributed by atoms with E-state index in [0.717, 1.165) is 5.56 Å². The molecule has 0 aromatic heterocycles. The van der Waals surface area contributed by atoms with Gasteiger partial charge in [-0.15, -0.1) is 0 Å². The fourth-order valence-corrected chi connectivity index (χ4v) is 1.32. The minimum atomic E-state index is 0.281. The first-order valence-corrected chi connectivity index (χ1v) is 4.42. The summed E-state index contributed by atoms with van der Waals surface area (Å²) in [5.74, 6) is 1.83. The summed E-state index contributed by atoms with van der Waals surface area (Å²) < 4.78 is 15.4. The van der Waals surface area contributed by atoms with Crippen LogP contribution in [0.1, 0.15) is 5.56 Å². The Morgan fingerprint density at radius 2 is 1.53 bits per heavy atom. The van der Waals surface area contributed by atoms with E-state index in [1.807, 2.05) is 0 Å². The number of rotatable bonds is 5. The molecule has 0 radical (unpaired) electrons. The van der Waals surface area contributed by atoms with Crippen LogP contribution in [-0.2, 0) is 6.54 Å². The number of benzene rings is 1. The Bertz CT molecular complexity index is 327. The molecular formula is C10H15NO4. The largest absolute Gasteiger partial charge is 0.496 e. The van der Waals surface area contributed by atoms with Crippen molar-refractivity contribution in [3.05, 3.63) is 17.7 Å². The maximum absolute atomic E-state index is 8.65. The topological polar surface area (TPSA) is 60.0 Å². The van der Waals surface area contributed by atoms with Crippen LogP contribution < -0.4 is 19.7 Å². The van der Waals surface area contributed by atoms with Crippen LogP contribution in [0.2, 0.25) is 0 Å². The standard InChI is InChI=1S/C10H15NO4/c1-13-8-5-10(15-3)9(14-2)4-7(8)6-11-12/h4-5,11-12H,6H2,1-3H3. The Hall–Kier alpha value is -1.46. The zero-order valence-corrected chi connectivity index (χ0v) is 9.03. The number of nitrogens with one attached hydrogen (secondary N) is 1. The Labute approximate surface area is 88.5 Å². The first-order valence-electron chi connectivity index (χ1n) is 4.42. The van der Waals surface area contributed by atoms with E-state index in [2.05, 4.69) is 5.48 Å². The smallest absolute Gasteiger partial charge is 0.164 e. The molecule has 0 amide bonds. The van der Waals surface area contributed by atoms with Crippen molar-refractivity contribution in [2.45, 2.75) is 6.54 Å². The van der Waals surface area contributed by atoms with E-state index in [1.54, 1.807) is 33.5 Å². The zero-order chi connectivity index (χ0) is 11.3. The van der Waals surface area contributed by atoms with Crippen molar-refractivity contribution >= 4 is 0 Å². The third-order valence-corrected chi connectivity index (χ3v) is 2.06. The number of hydroxylamine groups is 1. The van der Waals surface area contributed by atoms with Gasteiger partial charge in [-0.1, -0.05) is 0 Å². The molecule has 0 bridgehead atoms. The molecule has 15 heavy (non-hydrogen) atoms. The lowest BCUT2D eigenvalue weighted by Gasteiger charge is -2.13. The molecule has 0 aliphatic carbocycles. The predicted molar refractivity (Wildman–Crippen MR) is 54.7 cm³/mol. The van der Waals surface area contributed by atoms with E-state index in [9.17, 15) is 0 Å². The Balaban J connectivity index is 3.15. The van der Waals surface area contributed by atoms with Gasteiger partial charge in [-0.25, -0.2) is 5.48 Å². The predicted octanol–water partition coefficient (Wildman–Crippen LogP) is 1.19. The average Bonchev–Trinajstić information content (AvgIpc) is 2.28. The molecule has 2 N–H and O–H groups in total. The molecule has 5 heteroatoms. The summed E-state index contributed by atoms with van der Waals surface area (Å²) in [6, 6.07) is 3.46. The van der Waals surface area contributed by atoms with Crippen LogP contribution in [0.25, 0.3) is 0 Å². The Morgan fingerprint density at radius 1 is 1.00 bits per heavy atom. The lowest BCUT2D eigenvalue weighted by molar-refractivity contribution is 0.160. The van der Waals surface area contributed by atoms with Crippen molar-refractivity contribution in [3.8, 4) is 17.2 Å². The molecule has 5 nitrogen and oxygen atoms in total. The van der Waals surface area contributed by atoms with Crippen LogP contribution in [0.5, 0.6) is 17.2 Å². The van der Waals surface area contributed by atoms with Gasteiger partial charge in [0.15, 0.2) is 11.5 Å². The van der Waals surface area contributed by atoms with Crippen molar-refractivity contribution in [2.75, 3.05) is 21.3 Å². The highest BCUT2D eigenvalue weighted by Crippen LogP contribution is 2.34. The summed E-state index contributed by atoms with van der Waals surface area (Å²) >= 11 is 0. The molecule has 0 unspecified atom stereocenters. The van der Waals surface area contributed by atoms with Gasteiger partial charge in [0.1, 0.15) is 5.75 Å². The van der Waals surface area contributed by atoms with Crippen molar-refractivity contribution in [3.63, 3.8) is 0 Å². The van der Waals surface area contributed by atoms with Crippen molar-refractivity contribution in [1.29, 1.82) is 0 Å². The third kappa shape index (κ3) is 2.51. The number of hydrogen-bond acceptors (Lipinski definition) is 5. The average molecular weight is 213 g/mol. The normalized spacial score (nSPS) is 9.87. The van der Waals surface area contributed by atoms with Gasteiger partial charge < -0.3 is 19.4 Å². The maximum Gasteiger partial charge on any atom is 0.164 e. The zero-order valence-electron chi connectivity index (χ0n) is 9.03. The van der Waals surface area contributed by atoms with Gasteiger partial charge in [0, 0.05) is 18.2 Å². The van der Waals surface area contributed by atoms with E-state index < -0.39 is 0 Å². The highest BCUT2D eigenvalue weighted by molar-refractivity contribution is 5.50. The van der Waals surface area contributed by atoms with Crippen LogP contribution in [0.3, 0.4) is 0 Å².